The van der Waals surface area contributed by atoms with E-state index < -0.39 is 16.1 Å². The summed E-state index contributed by atoms with van der Waals surface area (Å²) in [4.78, 5) is 12.0. The highest BCUT2D eigenvalue weighted by atomic mass is 35.5. The quantitative estimate of drug-likeness (QED) is 0.549. The third-order valence-corrected chi connectivity index (χ3v) is 7.65. The van der Waals surface area contributed by atoms with E-state index in [1.54, 1.807) is 30.3 Å². The number of hydrogen-bond acceptors (Lipinski definition) is 4. The lowest BCUT2D eigenvalue weighted by atomic mass is 9.96. The number of halogens is 1. The van der Waals surface area contributed by atoms with Gasteiger partial charge in [0.25, 0.3) is 0 Å². The van der Waals surface area contributed by atoms with E-state index >= 15 is 0 Å². The first-order valence-electron chi connectivity index (χ1n) is 10.1. The van der Waals surface area contributed by atoms with Gasteiger partial charge in [-0.1, -0.05) is 36.9 Å². The van der Waals surface area contributed by atoms with Crippen molar-refractivity contribution in [1.29, 1.82) is 0 Å². The predicted octanol–water partition coefficient (Wildman–Crippen LogP) is 5.11. The number of methoxy groups -OCH3 is 1. The van der Waals surface area contributed by atoms with Gasteiger partial charge in [0.05, 0.1) is 23.3 Å². The average Bonchev–Trinajstić information content (AvgIpc) is 3.13. The van der Waals surface area contributed by atoms with E-state index in [1.165, 1.54) is 19.2 Å². The highest BCUT2D eigenvalue weighted by molar-refractivity contribution is 7.89. The Hall–Kier alpha value is -2.55. The van der Waals surface area contributed by atoms with Gasteiger partial charge in [0.1, 0.15) is 10.6 Å². The Morgan fingerprint density at radius 3 is 2.55 bits per heavy atom. The first-order valence-corrected chi connectivity index (χ1v) is 11.9. The second-order valence-electron chi connectivity index (χ2n) is 7.67. The standard InChI is InChI=1S/C22H23ClN2O5S/c1-30-17-8-10-19-15(11-17)12-20(25(19)22(26)27)14-7-9-18(23)21(13-14)31(28,29)24-16-5-3-2-4-6-16/h7-13,16,24H,2-6H2,1H3,(H,26,27). The predicted molar refractivity (Wildman–Crippen MR) is 120 cm³/mol. The van der Waals surface area contributed by atoms with Gasteiger partial charge in [0.15, 0.2) is 0 Å². The summed E-state index contributed by atoms with van der Waals surface area (Å²) in [5, 5.41) is 10.6. The zero-order valence-electron chi connectivity index (χ0n) is 17.0. The van der Waals surface area contributed by atoms with Crippen molar-refractivity contribution in [2.75, 3.05) is 7.11 Å². The van der Waals surface area contributed by atoms with Crippen molar-refractivity contribution in [1.82, 2.24) is 9.29 Å². The van der Waals surface area contributed by atoms with Crippen LogP contribution in [-0.4, -0.2) is 37.3 Å². The maximum atomic E-state index is 13.0. The van der Waals surface area contributed by atoms with Crippen molar-refractivity contribution in [3.05, 3.63) is 47.5 Å². The molecule has 0 radical (unpaired) electrons. The summed E-state index contributed by atoms with van der Waals surface area (Å²) in [6.07, 6.45) is 3.51. The van der Waals surface area contributed by atoms with Gasteiger partial charge in [0.2, 0.25) is 10.0 Å². The monoisotopic (exact) mass is 462 g/mol. The van der Waals surface area contributed by atoms with E-state index in [1.807, 2.05) is 0 Å². The SMILES string of the molecule is COc1ccc2c(c1)cc(-c1ccc(Cl)c(S(=O)(=O)NC3CCCCC3)c1)n2C(=O)O. The molecule has 4 rings (SSSR count). The maximum absolute atomic E-state index is 13.0. The number of nitrogens with one attached hydrogen (secondary N) is 1. The molecule has 1 aliphatic carbocycles. The number of rotatable bonds is 5. The molecule has 0 amide bonds. The molecule has 1 saturated carbocycles. The first-order chi connectivity index (χ1) is 14.8. The summed E-state index contributed by atoms with van der Waals surface area (Å²) in [5.41, 5.74) is 1.26. The average molecular weight is 463 g/mol. The lowest BCUT2D eigenvalue weighted by Gasteiger charge is -2.23. The molecule has 164 valence electrons. The van der Waals surface area contributed by atoms with Gasteiger partial charge in [-0.25, -0.2) is 22.5 Å². The summed E-state index contributed by atoms with van der Waals surface area (Å²) in [6.45, 7) is 0. The second-order valence-corrected chi connectivity index (χ2v) is 9.76. The van der Waals surface area contributed by atoms with Crippen molar-refractivity contribution in [2.24, 2.45) is 0 Å². The van der Waals surface area contributed by atoms with Gasteiger partial charge in [-0.05, 0) is 49.2 Å². The molecule has 0 bridgehead atoms. The largest absolute Gasteiger partial charge is 0.497 e. The fourth-order valence-electron chi connectivity index (χ4n) is 4.11. The van der Waals surface area contributed by atoms with E-state index in [2.05, 4.69) is 4.72 Å². The molecule has 2 N–H and O–H groups in total. The minimum atomic E-state index is -3.85. The van der Waals surface area contributed by atoms with Gasteiger partial charge in [-0.2, -0.15) is 0 Å². The van der Waals surface area contributed by atoms with Crippen LogP contribution < -0.4 is 9.46 Å². The zero-order chi connectivity index (χ0) is 22.2. The Bertz CT molecular complexity index is 1250. The molecule has 0 unspecified atom stereocenters. The molecule has 3 aromatic rings. The highest BCUT2D eigenvalue weighted by Crippen LogP contribution is 2.34. The van der Waals surface area contributed by atoms with Crippen LogP contribution in [0.25, 0.3) is 22.2 Å². The van der Waals surface area contributed by atoms with Crippen LogP contribution in [0.3, 0.4) is 0 Å². The number of fused-ring (bicyclic) bond motifs is 1. The smallest absolute Gasteiger partial charge is 0.416 e. The molecular formula is C22H23ClN2O5S. The van der Waals surface area contributed by atoms with E-state index in [9.17, 15) is 18.3 Å². The van der Waals surface area contributed by atoms with Gasteiger partial charge in [-0.15, -0.1) is 0 Å². The molecule has 31 heavy (non-hydrogen) atoms. The summed E-state index contributed by atoms with van der Waals surface area (Å²) < 4.78 is 35.2. The minimum absolute atomic E-state index is 0.0583. The van der Waals surface area contributed by atoms with Gasteiger partial charge < -0.3 is 9.84 Å². The molecule has 0 aliphatic heterocycles. The minimum Gasteiger partial charge on any atom is -0.497 e. The summed E-state index contributed by atoms with van der Waals surface area (Å²) in [7, 11) is -2.32. The van der Waals surface area contributed by atoms with Crippen LogP contribution in [0.4, 0.5) is 4.79 Å². The third-order valence-electron chi connectivity index (χ3n) is 5.64. The van der Waals surface area contributed by atoms with Crippen molar-refractivity contribution in [2.45, 2.75) is 43.0 Å². The molecular weight excluding hydrogens is 440 g/mol. The number of carbonyl (C=O) groups is 1. The molecule has 7 nitrogen and oxygen atoms in total. The number of hydrogen-bond donors (Lipinski definition) is 2. The number of sulfonamides is 1. The van der Waals surface area contributed by atoms with E-state index in [-0.39, 0.29) is 16.0 Å². The molecule has 1 heterocycles. The number of benzene rings is 2. The first kappa shape index (κ1) is 21.7. The molecule has 1 aliphatic rings. The second kappa shape index (κ2) is 8.53. The number of carboxylic acid groups (broad SMARTS) is 1. The molecule has 0 atom stereocenters. The Morgan fingerprint density at radius 1 is 1.13 bits per heavy atom. The topological polar surface area (TPSA) is 97.6 Å². The van der Waals surface area contributed by atoms with E-state index in [4.69, 9.17) is 16.3 Å². The number of aromatic nitrogens is 1. The van der Waals surface area contributed by atoms with Gasteiger partial charge in [0, 0.05) is 17.0 Å². The molecule has 1 fully saturated rings. The van der Waals surface area contributed by atoms with Crippen molar-refractivity contribution in [3.8, 4) is 17.0 Å². The zero-order valence-corrected chi connectivity index (χ0v) is 18.5. The summed E-state index contributed by atoms with van der Waals surface area (Å²) >= 11 is 6.25. The van der Waals surface area contributed by atoms with Crippen LogP contribution in [0.1, 0.15) is 32.1 Å². The van der Waals surface area contributed by atoms with Crippen LogP contribution in [0.5, 0.6) is 5.75 Å². The number of nitrogens with zero attached hydrogens (tertiary/aromatic N) is 1. The number of ether oxygens (including phenoxy) is 1. The third kappa shape index (κ3) is 4.28. The van der Waals surface area contributed by atoms with Crippen LogP contribution in [0, 0.1) is 0 Å². The molecule has 1 aromatic heterocycles. The Labute approximate surface area is 185 Å². The van der Waals surface area contributed by atoms with Crippen LogP contribution in [0.15, 0.2) is 47.4 Å². The maximum Gasteiger partial charge on any atom is 0.416 e. The summed E-state index contributed by atoms with van der Waals surface area (Å²) in [6, 6.07) is 11.2. The van der Waals surface area contributed by atoms with Crippen LogP contribution in [0.2, 0.25) is 5.02 Å². The van der Waals surface area contributed by atoms with E-state index in [0.29, 0.717) is 27.9 Å². The van der Waals surface area contributed by atoms with Crippen molar-refractivity contribution >= 4 is 38.6 Å². The van der Waals surface area contributed by atoms with Crippen molar-refractivity contribution < 1.29 is 23.1 Å². The summed E-state index contributed by atoms with van der Waals surface area (Å²) in [5.74, 6) is 0.595. The van der Waals surface area contributed by atoms with Crippen LogP contribution >= 0.6 is 11.6 Å². The fourth-order valence-corrected chi connectivity index (χ4v) is 5.94. The molecule has 2 aromatic carbocycles. The lowest BCUT2D eigenvalue weighted by Crippen LogP contribution is -2.36. The Balaban J connectivity index is 1.80. The van der Waals surface area contributed by atoms with Crippen LogP contribution in [-0.2, 0) is 10.0 Å². The highest BCUT2D eigenvalue weighted by Gasteiger charge is 2.25. The van der Waals surface area contributed by atoms with Gasteiger partial charge in [-0.3, -0.25) is 0 Å². The normalized spacial score (nSPS) is 15.3. The molecule has 0 saturated heterocycles. The Morgan fingerprint density at radius 2 is 1.87 bits per heavy atom. The van der Waals surface area contributed by atoms with E-state index in [0.717, 1.165) is 36.7 Å². The molecule has 9 heteroatoms. The fraction of sp³-hybridized carbons (Fsp3) is 0.318. The molecule has 0 spiro atoms. The Kier molecular flexibility index (Phi) is 5.96. The van der Waals surface area contributed by atoms with Crippen molar-refractivity contribution in [3.63, 3.8) is 0 Å². The van der Waals surface area contributed by atoms with Gasteiger partial charge >= 0.3 is 6.09 Å². The lowest BCUT2D eigenvalue weighted by molar-refractivity contribution is 0.198.